The van der Waals surface area contributed by atoms with Gasteiger partial charge in [0.2, 0.25) is 0 Å². The predicted molar refractivity (Wildman–Crippen MR) is 75.0 cm³/mol. The third-order valence-corrected chi connectivity index (χ3v) is 3.29. The maximum Gasteiger partial charge on any atom is 0.316 e. The minimum absolute atomic E-state index is 0.488. The lowest BCUT2D eigenvalue weighted by Gasteiger charge is -2.14. The summed E-state index contributed by atoms with van der Waals surface area (Å²) in [4.78, 5) is 8.50. The molecule has 0 fully saturated rings. The zero-order chi connectivity index (χ0) is 13.2. The first kappa shape index (κ1) is 14.9. The molecule has 102 valence electrons. The molecule has 0 bridgehead atoms. The zero-order valence-corrected chi connectivity index (χ0v) is 12.0. The molecule has 0 aliphatic carbocycles. The standard InChI is InChI=1S/C15H26N2O/c1-4-7-8-9-10-13(5-2)14-11-16-15(17-12-14)18-6-3/h11-13H,4-10H2,1-3H3. The van der Waals surface area contributed by atoms with E-state index in [0.717, 1.165) is 6.42 Å². The SMILES string of the molecule is CCCCCCC(CC)c1cnc(OCC)nc1. The number of hydrogen-bond acceptors (Lipinski definition) is 3. The summed E-state index contributed by atoms with van der Waals surface area (Å²) in [5.74, 6) is 0.595. The molecule has 1 aromatic heterocycles. The van der Waals surface area contributed by atoms with Crippen LogP contribution in [0.2, 0.25) is 0 Å². The van der Waals surface area contributed by atoms with Crippen LogP contribution in [0.5, 0.6) is 6.01 Å². The normalized spacial score (nSPS) is 12.4. The first-order valence-electron chi connectivity index (χ1n) is 7.26. The molecule has 3 nitrogen and oxygen atoms in total. The van der Waals surface area contributed by atoms with Crippen LogP contribution in [0.15, 0.2) is 12.4 Å². The van der Waals surface area contributed by atoms with Crippen LogP contribution in [0, 0.1) is 0 Å². The summed E-state index contributed by atoms with van der Waals surface area (Å²) in [6, 6.07) is 0.488. The van der Waals surface area contributed by atoms with Crippen molar-refractivity contribution in [2.75, 3.05) is 6.61 Å². The molecule has 1 rings (SSSR count). The smallest absolute Gasteiger partial charge is 0.316 e. The maximum atomic E-state index is 5.27. The molecule has 3 heteroatoms. The van der Waals surface area contributed by atoms with Crippen molar-refractivity contribution >= 4 is 0 Å². The van der Waals surface area contributed by atoms with Crippen molar-refractivity contribution in [3.05, 3.63) is 18.0 Å². The van der Waals surface area contributed by atoms with Crippen molar-refractivity contribution in [2.45, 2.75) is 65.2 Å². The Hall–Kier alpha value is -1.12. The molecular weight excluding hydrogens is 224 g/mol. The van der Waals surface area contributed by atoms with Gasteiger partial charge in [0, 0.05) is 12.4 Å². The van der Waals surface area contributed by atoms with Gasteiger partial charge < -0.3 is 4.74 Å². The first-order chi connectivity index (χ1) is 8.81. The largest absolute Gasteiger partial charge is 0.464 e. The number of nitrogens with zero attached hydrogens (tertiary/aromatic N) is 2. The number of ether oxygens (including phenoxy) is 1. The molecule has 0 aliphatic rings. The highest BCUT2D eigenvalue weighted by molar-refractivity contribution is 5.13. The Morgan fingerprint density at radius 1 is 1.06 bits per heavy atom. The minimum atomic E-state index is 0.488. The lowest BCUT2D eigenvalue weighted by molar-refractivity contribution is 0.311. The summed E-state index contributed by atoms with van der Waals surface area (Å²) in [5, 5.41) is 0. The number of rotatable bonds is 9. The van der Waals surface area contributed by atoms with Crippen LogP contribution in [0.1, 0.15) is 70.8 Å². The van der Waals surface area contributed by atoms with E-state index >= 15 is 0 Å². The van der Waals surface area contributed by atoms with Gasteiger partial charge in [-0.3, -0.25) is 0 Å². The third-order valence-electron chi connectivity index (χ3n) is 3.29. The first-order valence-corrected chi connectivity index (χ1v) is 7.26. The van der Waals surface area contributed by atoms with E-state index in [1.165, 1.54) is 37.7 Å². The molecule has 0 saturated heterocycles. The molecule has 0 aliphatic heterocycles. The molecule has 0 radical (unpaired) electrons. The van der Waals surface area contributed by atoms with E-state index in [9.17, 15) is 0 Å². The van der Waals surface area contributed by atoms with Crippen molar-refractivity contribution in [1.29, 1.82) is 0 Å². The molecule has 1 aromatic rings. The van der Waals surface area contributed by atoms with Gasteiger partial charge in [-0.25, -0.2) is 9.97 Å². The second-order valence-corrected chi connectivity index (χ2v) is 4.69. The van der Waals surface area contributed by atoms with E-state index in [4.69, 9.17) is 4.74 Å². The summed E-state index contributed by atoms with van der Waals surface area (Å²) in [6.07, 6.45) is 11.5. The molecule has 1 atom stereocenters. The number of unbranched alkanes of at least 4 members (excludes halogenated alkanes) is 3. The molecule has 0 spiro atoms. The summed E-state index contributed by atoms with van der Waals surface area (Å²) < 4.78 is 5.27. The second-order valence-electron chi connectivity index (χ2n) is 4.69. The summed E-state index contributed by atoms with van der Waals surface area (Å²) in [6.45, 7) is 7.05. The Labute approximate surface area is 111 Å². The van der Waals surface area contributed by atoms with E-state index in [1.807, 2.05) is 19.3 Å². The Balaban J connectivity index is 2.48. The van der Waals surface area contributed by atoms with E-state index < -0.39 is 0 Å². The van der Waals surface area contributed by atoms with Crippen LogP contribution >= 0.6 is 0 Å². The van der Waals surface area contributed by atoms with Gasteiger partial charge in [0.25, 0.3) is 0 Å². The van der Waals surface area contributed by atoms with Crippen molar-refractivity contribution in [3.63, 3.8) is 0 Å². The van der Waals surface area contributed by atoms with Crippen LogP contribution in [0.4, 0.5) is 0 Å². The van der Waals surface area contributed by atoms with Crippen LogP contribution in [0.25, 0.3) is 0 Å². The predicted octanol–water partition coefficient (Wildman–Crippen LogP) is 4.34. The maximum absolute atomic E-state index is 5.27. The number of aromatic nitrogens is 2. The monoisotopic (exact) mass is 250 g/mol. The zero-order valence-electron chi connectivity index (χ0n) is 12.0. The van der Waals surface area contributed by atoms with E-state index in [0.29, 0.717) is 18.5 Å². The summed E-state index contributed by atoms with van der Waals surface area (Å²) in [5.41, 5.74) is 1.25. The van der Waals surface area contributed by atoms with Crippen molar-refractivity contribution in [3.8, 4) is 6.01 Å². The highest BCUT2D eigenvalue weighted by Gasteiger charge is 2.10. The fourth-order valence-electron chi connectivity index (χ4n) is 2.16. The molecule has 0 aromatic carbocycles. The fourth-order valence-corrected chi connectivity index (χ4v) is 2.16. The number of hydrogen-bond donors (Lipinski definition) is 0. The molecule has 1 unspecified atom stereocenters. The van der Waals surface area contributed by atoms with Gasteiger partial charge in [-0.15, -0.1) is 0 Å². The quantitative estimate of drug-likeness (QED) is 0.611. The third kappa shape index (κ3) is 5.03. The summed E-state index contributed by atoms with van der Waals surface area (Å²) in [7, 11) is 0. The molecule has 18 heavy (non-hydrogen) atoms. The van der Waals surface area contributed by atoms with E-state index in [-0.39, 0.29) is 0 Å². The average Bonchev–Trinajstić information content (AvgIpc) is 2.41. The van der Waals surface area contributed by atoms with Crippen LogP contribution < -0.4 is 4.74 Å². The summed E-state index contributed by atoms with van der Waals surface area (Å²) >= 11 is 0. The topological polar surface area (TPSA) is 35.0 Å². The highest BCUT2D eigenvalue weighted by atomic mass is 16.5. The minimum Gasteiger partial charge on any atom is -0.464 e. The van der Waals surface area contributed by atoms with Crippen LogP contribution in [-0.4, -0.2) is 16.6 Å². The van der Waals surface area contributed by atoms with Crippen molar-refractivity contribution in [2.24, 2.45) is 0 Å². The van der Waals surface area contributed by atoms with Gasteiger partial charge in [0.15, 0.2) is 0 Å². The van der Waals surface area contributed by atoms with Gasteiger partial charge >= 0.3 is 6.01 Å². The highest BCUT2D eigenvalue weighted by Crippen LogP contribution is 2.25. The molecule has 0 N–H and O–H groups in total. The van der Waals surface area contributed by atoms with Crippen LogP contribution in [0.3, 0.4) is 0 Å². The fraction of sp³-hybridized carbons (Fsp3) is 0.733. The van der Waals surface area contributed by atoms with Crippen LogP contribution in [-0.2, 0) is 0 Å². The van der Waals surface area contributed by atoms with E-state index in [2.05, 4.69) is 23.8 Å². The second kappa shape index (κ2) is 8.90. The Morgan fingerprint density at radius 2 is 1.78 bits per heavy atom. The lowest BCUT2D eigenvalue weighted by Crippen LogP contribution is -2.02. The molecule has 0 saturated carbocycles. The molecule has 0 amide bonds. The van der Waals surface area contributed by atoms with Crippen molar-refractivity contribution < 1.29 is 4.74 Å². The van der Waals surface area contributed by atoms with E-state index in [1.54, 1.807) is 0 Å². The van der Waals surface area contributed by atoms with Gasteiger partial charge in [-0.1, -0.05) is 39.5 Å². The van der Waals surface area contributed by atoms with Crippen molar-refractivity contribution in [1.82, 2.24) is 9.97 Å². The Kier molecular flexibility index (Phi) is 7.38. The molecular formula is C15H26N2O. The molecule has 1 heterocycles. The average molecular weight is 250 g/mol. The Morgan fingerprint density at radius 3 is 2.33 bits per heavy atom. The Bertz CT molecular complexity index is 311. The van der Waals surface area contributed by atoms with Gasteiger partial charge in [-0.2, -0.15) is 0 Å². The van der Waals surface area contributed by atoms with Gasteiger partial charge in [0.05, 0.1) is 6.61 Å². The lowest BCUT2D eigenvalue weighted by atomic mass is 9.93. The van der Waals surface area contributed by atoms with Gasteiger partial charge in [0.1, 0.15) is 0 Å². The van der Waals surface area contributed by atoms with Gasteiger partial charge in [-0.05, 0) is 31.2 Å².